The molecule has 0 aliphatic rings. The van der Waals surface area contributed by atoms with Crippen LogP contribution < -0.4 is 4.90 Å². The third kappa shape index (κ3) is 2.88. The lowest BCUT2D eigenvalue weighted by Gasteiger charge is -2.15. The van der Waals surface area contributed by atoms with Gasteiger partial charge in [-0.2, -0.15) is 10.1 Å². The average molecular weight is 285 g/mol. The molecular formula is C13H15N7O. The van der Waals surface area contributed by atoms with Gasteiger partial charge in [-0.25, -0.2) is 4.68 Å². The van der Waals surface area contributed by atoms with Crippen molar-refractivity contribution in [2.45, 2.75) is 20.4 Å². The van der Waals surface area contributed by atoms with Crippen LogP contribution >= 0.6 is 0 Å². The van der Waals surface area contributed by atoms with Gasteiger partial charge >= 0.3 is 0 Å². The third-order valence-corrected chi connectivity index (χ3v) is 2.93. The zero-order valence-electron chi connectivity index (χ0n) is 12.1. The number of hydrogen-bond acceptors (Lipinski definition) is 7. The summed E-state index contributed by atoms with van der Waals surface area (Å²) in [7, 11) is 1.90. The second kappa shape index (κ2) is 5.31. The van der Waals surface area contributed by atoms with E-state index in [2.05, 4.69) is 25.4 Å². The molecule has 0 atom stereocenters. The Bertz CT molecular complexity index is 731. The number of rotatable bonds is 4. The number of hydrogen-bond donors (Lipinski definition) is 0. The summed E-state index contributed by atoms with van der Waals surface area (Å²) in [6.45, 7) is 4.20. The molecule has 8 nitrogen and oxygen atoms in total. The summed E-state index contributed by atoms with van der Waals surface area (Å²) in [4.78, 5) is 6.06. The van der Waals surface area contributed by atoms with Crippen LogP contribution in [-0.4, -0.2) is 37.2 Å². The fourth-order valence-electron chi connectivity index (χ4n) is 1.89. The molecule has 3 aromatic rings. The van der Waals surface area contributed by atoms with Crippen molar-refractivity contribution in [3.8, 4) is 5.82 Å². The van der Waals surface area contributed by atoms with Gasteiger partial charge < -0.3 is 9.42 Å². The number of aryl methyl sites for hydroxylation is 2. The summed E-state index contributed by atoms with van der Waals surface area (Å²) in [5.41, 5.74) is 0.936. The molecule has 0 unspecified atom stereocenters. The Hall–Kier alpha value is -2.77. The Balaban J connectivity index is 1.74. The second-order valence-electron chi connectivity index (χ2n) is 4.74. The molecule has 0 fully saturated rings. The van der Waals surface area contributed by atoms with E-state index in [-0.39, 0.29) is 0 Å². The first kappa shape index (κ1) is 13.2. The minimum atomic E-state index is 0.506. The Labute approximate surface area is 121 Å². The molecule has 21 heavy (non-hydrogen) atoms. The van der Waals surface area contributed by atoms with Gasteiger partial charge in [0.15, 0.2) is 17.5 Å². The molecule has 108 valence electrons. The van der Waals surface area contributed by atoms with Crippen molar-refractivity contribution < 1.29 is 4.52 Å². The first-order valence-electron chi connectivity index (χ1n) is 6.48. The first-order valence-corrected chi connectivity index (χ1v) is 6.48. The zero-order chi connectivity index (χ0) is 14.8. The van der Waals surface area contributed by atoms with Crippen LogP contribution in [0, 0.1) is 13.8 Å². The van der Waals surface area contributed by atoms with Crippen molar-refractivity contribution in [3.05, 3.63) is 41.8 Å². The number of nitrogens with zero attached hydrogens (tertiary/aromatic N) is 7. The van der Waals surface area contributed by atoms with Crippen LogP contribution in [0.3, 0.4) is 0 Å². The predicted octanol–water partition coefficient (Wildman–Crippen LogP) is 1.30. The van der Waals surface area contributed by atoms with Gasteiger partial charge in [0.05, 0.1) is 12.2 Å². The Morgan fingerprint density at radius 2 is 2.05 bits per heavy atom. The van der Waals surface area contributed by atoms with E-state index < -0.39 is 0 Å². The van der Waals surface area contributed by atoms with E-state index in [4.69, 9.17) is 4.52 Å². The standard InChI is InChI=1S/C13H15N7O/c1-9-6-7-20(17-9)13-5-4-12(15-16-13)19(3)8-11-14-10(2)21-18-11/h4-7H,8H2,1-3H3. The molecule has 0 N–H and O–H groups in total. The lowest BCUT2D eigenvalue weighted by Crippen LogP contribution is -2.19. The molecule has 0 spiro atoms. The molecule has 0 saturated heterocycles. The predicted molar refractivity (Wildman–Crippen MR) is 75.0 cm³/mol. The topological polar surface area (TPSA) is 85.8 Å². The molecule has 0 aromatic carbocycles. The van der Waals surface area contributed by atoms with Crippen LogP contribution in [0.4, 0.5) is 5.82 Å². The van der Waals surface area contributed by atoms with Crippen molar-refractivity contribution in [2.75, 3.05) is 11.9 Å². The maximum absolute atomic E-state index is 4.95. The van der Waals surface area contributed by atoms with Gasteiger partial charge in [-0.05, 0) is 25.1 Å². The smallest absolute Gasteiger partial charge is 0.223 e. The van der Waals surface area contributed by atoms with Crippen LogP contribution in [0.5, 0.6) is 0 Å². The van der Waals surface area contributed by atoms with E-state index in [0.29, 0.717) is 24.1 Å². The van der Waals surface area contributed by atoms with Crippen molar-refractivity contribution in [2.24, 2.45) is 0 Å². The summed E-state index contributed by atoms with van der Waals surface area (Å²) in [6, 6.07) is 5.67. The molecule has 0 radical (unpaired) electrons. The SMILES string of the molecule is Cc1ccn(-c2ccc(N(C)Cc3noc(C)n3)nn2)n1. The maximum Gasteiger partial charge on any atom is 0.223 e. The van der Waals surface area contributed by atoms with E-state index in [1.165, 1.54) is 0 Å². The Kier molecular flexibility index (Phi) is 3.35. The van der Waals surface area contributed by atoms with Gasteiger partial charge in [0.1, 0.15) is 0 Å². The second-order valence-corrected chi connectivity index (χ2v) is 4.74. The van der Waals surface area contributed by atoms with Crippen LogP contribution in [0.1, 0.15) is 17.4 Å². The molecule has 0 saturated carbocycles. The minimum absolute atomic E-state index is 0.506. The molecule has 0 bridgehead atoms. The van der Waals surface area contributed by atoms with Gasteiger partial charge in [-0.3, -0.25) is 0 Å². The van der Waals surface area contributed by atoms with Gasteiger partial charge in [0.25, 0.3) is 0 Å². The largest absolute Gasteiger partial charge is 0.351 e. The fraction of sp³-hybridized carbons (Fsp3) is 0.308. The third-order valence-electron chi connectivity index (χ3n) is 2.93. The van der Waals surface area contributed by atoms with E-state index in [1.54, 1.807) is 11.6 Å². The van der Waals surface area contributed by atoms with Crippen LogP contribution in [0.25, 0.3) is 5.82 Å². The molecular weight excluding hydrogens is 270 g/mol. The van der Waals surface area contributed by atoms with E-state index in [1.807, 2.05) is 43.3 Å². The van der Waals surface area contributed by atoms with Gasteiger partial charge in [-0.15, -0.1) is 10.2 Å². The van der Waals surface area contributed by atoms with Crippen LogP contribution in [0.15, 0.2) is 28.9 Å². The average Bonchev–Trinajstić information content (AvgIpc) is 3.08. The lowest BCUT2D eigenvalue weighted by atomic mass is 10.4. The number of aromatic nitrogens is 6. The highest BCUT2D eigenvalue weighted by Crippen LogP contribution is 2.12. The van der Waals surface area contributed by atoms with Crippen molar-refractivity contribution in [3.63, 3.8) is 0 Å². The zero-order valence-corrected chi connectivity index (χ0v) is 12.1. The minimum Gasteiger partial charge on any atom is -0.351 e. The van der Waals surface area contributed by atoms with Crippen LogP contribution in [0.2, 0.25) is 0 Å². The van der Waals surface area contributed by atoms with E-state index in [0.717, 1.165) is 11.5 Å². The maximum atomic E-state index is 4.95. The van der Waals surface area contributed by atoms with Gasteiger partial charge in [0, 0.05) is 20.2 Å². The molecule has 8 heteroatoms. The Morgan fingerprint density at radius 1 is 1.19 bits per heavy atom. The molecule has 3 aromatic heterocycles. The highest BCUT2D eigenvalue weighted by molar-refractivity contribution is 5.38. The summed E-state index contributed by atoms with van der Waals surface area (Å²) in [5, 5.41) is 16.5. The highest BCUT2D eigenvalue weighted by atomic mass is 16.5. The summed E-state index contributed by atoms with van der Waals surface area (Å²) < 4.78 is 6.63. The van der Waals surface area contributed by atoms with Crippen molar-refractivity contribution in [1.29, 1.82) is 0 Å². The monoisotopic (exact) mass is 285 g/mol. The molecule has 3 rings (SSSR count). The molecule has 0 amide bonds. The summed E-state index contributed by atoms with van der Waals surface area (Å²) >= 11 is 0. The first-order chi connectivity index (χ1) is 10.1. The normalized spacial score (nSPS) is 10.8. The molecule has 0 aliphatic heterocycles. The van der Waals surface area contributed by atoms with Gasteiger partial charge in [0.2, 0.25) is 5.89 Å². The highest BCUT2D eigenvalue weighted by Gasteiger charge is 2.09. The fourth-order valence-corrected chi connectivity index (χ4v) is 1.89. The lowest BCUT2D eigenvalue weighted by molar-refractivity contribution is 0.387. The van der Waals surface area contributed by atoms with E-state index in [9.17, 15) is 0 Å². The number of anilines is 1. The Morgan fingerprint density at radius 3 is 2.62 bits per heavy atom. The quantitative estimate of drug-likeness (QED) is 0.714. The van der Waals surface area contributed by atoms with Crippen LogP contribution in [-0.2, 0) is 6.54 Å². The summed E-state index contributed by atoms with van der Waals surface area (Å²) in [5.74, 6) is 2.57. The molecule has 3 heterocycles. The summed E-state index contributed by atoms with van der Waals surface area (Å²) in [6.07, 6.45) is 1.85. The molecule has 0 aliphatic carbocycles. The van der Waals surface area contributed by atoms with Gasteiger partial charge in [-0.1, -0.05) is 5.16 Å². The van der Waals surface area contributed by atoms with Crippen molar-refractivity contribution in [1.82, 2.24) is 30.1 Å². The van der Waals surface area contributed by atoms with E-state index >= 15 is 0 Å². The van der Waals surface area contributed by atoms with Crippen molar-refractivity contribution >= 4 is 5.82 Å².